The molecule has 7 heteroatoms. The van der Waals surface area contributed by atoms with Gasteiger partial charge in [-0.25, -0.2) is 0 Å². The van der Waals surface area contributed by atoms with Gasteiger partial charge < -0.3 is 19.9 Å². The summed E-state index contributed by atoms with van der Waals surface area (Å²) in [5, 5.41) is 15.7. The minimum atomic E-state index is 0.362. The van der Waals surface area contributed by atoms with Crippen LogP contribution in [0.3, 0.4) is 0 Å². The average Bonchev–Trinajstić information content (AvgIpc) is 3.28. The van der Waals surface area contributed by atoms with Crippen molar-refractivity contribution in [2.75, 3.05) is 13.1 Å². The highest BCUT2D eigenvalue weighted by Gasteiger charge is 2.41. The molecule has 0 amide bonds. The van der Waals surface area contributed by atoms with E-state index in [0.29, 0.717) is 18.2 Å². The van der Waals surface area contributed by atoms with E-state index in [9.17, 15) is 0 Å². The van der Waals surface area contributed by atoms with E-state index in [4.69, 9.17) is 9.73 Å². The first-order valence-corrected chi connectivity index (χ1v) is 9.94. The van der Waals surface area contributed by atoms with Crippen molar-refractivity contribution in [1.29, 1.82) is 0 Å². The van der Waals surface area contributed by atoms with Crippen molar-refractivity contribution >= 4 is 5.96 Å². The zero-order chi connectivity index (χ0) is 17.1. The molecular weight excluding hydrogens is 316 g/mol. The summed E-state index contributed by atoms with van der Waals surface area (Å²) in [6.45, 7) is 4.76. The third-order valence-electron chi connectivity index (χ3n) is 5.56. The standard InChI is InChI=1S/C18H30N6O/c1-2-19-18(21-14-12-13-7-8-15(14)25-13)20-10-9-17-23-22-16-6-4-3-5-11-24(16)17/h13-15H,2-12H2,1H3,(H2,19,20,21). The molecule has 2 N–H and O–H groups in total. The van der Waals surface area contributed by atoms with Gasteiger partial charge in [-0.05, 0) is 39.0 Å². The smallest absolute Gasteiger partial charge is 0.191 e. The minimum Gasteiger partial charge on any atom is -0.373 e. The lowest BCUT2D eigenvalue weighted by Gasteiger charge is -2.22. The second kappa shape index (κ2) is 7.72. The van der Waals surface area contributed by atoms with Crippen molar-refractivity contribution < 1.29 is 4.74 Å². The molecule has 3 unspecified atom stereocenters. The molecule has 7 nitrogen and oxygen atoms in total. The van der Waals surface area contributed by atoms with E-state index in [-0.39, 0.29) is 0 Å². The second-order valence-electron chi connectivity index (χ2n) is 7.37. The number of ether oxygens (including phenoxy) is 1. The normalized spacial score (nSPS) is 28.7. The van der Waals surface area contributed by atoms with Crippen LogP contribution in [0, 0.1) is 0 Å². The van der Waals surface area contributed by atoms with Gasteiger partial charge in [-0.1, -0.05) is 6.42 Å². The summed E-state index contributed by atoms with van der Waals surface area (Å²) in [5.74, 6) is 3.14. The molecule has 3 aliphatic rings. The maximum Gasteiger partial charge on any atom is 0.191 e. The van der Waals surface area contributed by atoms with Gasteiger partial charge in [0.1, 0.15) is 11.6 Å². The topological polar surface area (TPSA) is 76.4 Å². The van der Waals surface area contributed by atoms with Gasteiger partial charge in [0, 0.05) is 32.5 Å². The van der Waals surface area contributed by atoms with Crippen LogP contribution in [0.2, 0.25) is 0 Å². The summed E-state index contributed by atoms with van der Waals surface area (Å²) < 4.78 is 8.25. The predicted octanol–water partition coefficient (Wildman–Crippen LogP) is 1.42. The average molecular weight is 346 g/mol. The van der Waals surface area contributed by atoms with Crippen molar-refractivity contribution in [3.63, 3.8) is 0 Å². The number of fused-ring (bicyclic) bond motifs is 3. The monoisotopic (exact) mass is 346 g/mol. The van der Waals surface area contributed by atoms with Crippen LogP contribution in [0.25, 0.3) is 0 Å². The SMILES string of the molecule is CCNC(=NCCc1nnc2n1CCCCC2)NC1CC2CCC1O2. The number of aromatic nitrogens is 3. The Balaban J connectivity index is 1.35. The van der Waals surface area contributed by atoms with Crippen LogP contribution in [0.15, 0.2) is 4.99 Å². The number of guanidine groups is 1. The first-order chi connectivity index (χ1) is 12.3. The summed E-state index contributed by atoms with van der Waals surface area (Å²) in [6, 6.07) is 0.404. The van der Waals surface area contributed by atoms with Crippen LogP contribution in [0.5, 0.6) is 0 Å². The summed E-state index contributed by atoms with van der Waals surface area (Å²) in [4.78, 5) is 4.77. The van der Waals surface area contributed by atoms with Gasteiger partial charge in [0.15, 0.2) is 5.96 Å². The van der Waals surface area contributed by atoms with Gasteiger partial charge in [-0.2, -0.15) is 0 Å². The molecule has 1 aromatic rings. The molecule has 2 bridgehead atoms. The highest BCUT2D eigenvalue weighted by molar-refractivity contribution is 5.80. The number of aliphatic imine (C=N–C) groups is 1. The van der Waals surface area contributed by atoms with Gasteiger partial charge in [0.2, 0.25) is 0 Å². The Kier molecular flexibility index (Phi) is 5.20. The van der Waals surface area contributed by atoms with E-state index >= 15 is 0 Å². The van der Waals surface area contributed by atoms with Gasteiger partial charge >= 0.3 is 0 Å². The Morgan fingerprint density at radius 3 is 3.04 bits per heavy atom. The van der Waals surface area contributed by atoms with Crippen LogP contribution in [-0.2, 0) is 24.1 Å². The lowest BCUT2D eigenvalue weighted by atomic mass is 9.96. The van der Waals surface area contributed by atoms with E-state index in [0.717, 1.165) is 56.5 Å². The van der Waals surface area contributed by atoms with E-state index in [1.165, 1.54) is 32.1 Å². The fraction of sp³-hybridized carbons (Fsp3) is 0.833. The van der Waals surface area contributed by atoms with E-state index in [1.54, 1.807) is 0 Å². The van der Waals surface area contributed by atoms with Crippen molar-refractivity contribution in [2.24, 2.45) is 4.99 Å². The number of nitrogens with zero attached hydrogens (tertiary/aromatic N) is 4. The Morgan fingerprint density at radius 2 is 2.24 bits per heavy atom. The van der Waals surface area contributed by atoms with Gasteiger partial charge in [0.05, 0.1) is 18.2 Å². The second-order valence-corrected chi connectivity index (χ2v) is 7.37. The molecule has 138 valence electrons. The third kappa shape index (κ3) is 3.81. The molecule has 1 aromatic heterocycles. The number of hydrogen-bond donors (Lipinski definition) is 2. The van der Waals surface area contributed by atoms with Gasteiger partial charge in [-0.3, -0.25) is 4.99 Å². The maximum atomic E-state index is 5.93. The van der Waals surface area contributed by atoms with Crippen LogP contribution < -0.4 is 10.6 Å². The van der Waals surface area contributed by atoms with Crippen molar-refractivity contribution in [3.8, 4) is 0 Å². The summed E-state index contributed by atoms with van der Waals surface area (Å²) in [5.41, 5.74) is 0. The molecule has 4 rings (SSSR count). The molecule has 0 aromatic carbocycles. The molecule has 0 saturated carbocycles. The Labute approximate surface area is 149 Å². The molecule has 3 atom stereocenters. The summed E-state index contributed by atoms with van der Waals surface area (Å²) in [7, 11) is 0. The van der Waals surface area contributed by atoms with Crippen molar-refractivity contribution in [3.05, 3.63) is 11.6 Å². The Hall–Kier alpha value is -1.63. The zero-order valence-corrected chi connectivity index (χ0v) is 15.2. The quantitative estimate of drug-likeness (QED) is 0.623. The Bertz CT molecular complexity index is 613. The number of hydrogen-bond acceptors (Lipinski definition) is 4. The fourth-order valence-electron chi connectivity index (χ4n) is 4.28. The number of aryl methyl sites for hydroxylation is 1. The predicted molar refractivity (Wildman–Crippen MR) is 96.7 cm³/mol. The lowest BCUT2D eigenvalue weighted by molar-refractivity contribution is 0.0992. The van der Waals surface area contributed by atoms with E-state index in [2.05, 4.69) is 32.3 Å². The number of nitrogens with one attached hydrogen (secondary N) is 2. The van der Waals surface area contributed by atoms with Gasteiger partial charge in [0.25, 0.3) is 0 Å². The third-order valence-corrected chi connectivity index (χ3v) is 5.56. The molecule has 0 aliphatic carbocycles. The van der Waals surface area contributed by atoms with Crippen LogP contribution in [0.4, 0.5) is 0 Å². The first kappa shape index (κ1) is 16.8. The van der Waals surface area contributed by atoms with E-state index in [1.807, 2.05) is 0 Å². The highest BCUT2D eigenvalue weighted by atomic mass is 16.5. The molecule has 0 radical (unpaired) electrons. The first-order valence-electron chi connectivity index (χ1n) is 9.94. The molecule has 4 heterocycles. The molecule has 2 saturated heterocycles. The van der Waals surface area contributed by atoms with Crippen LogP contribution in [0.1, 0.15) is 57.1 Å². The van der Waals surface area contributed by atoms with E-state index < -0.39 is 0 Å². The van der Waals surface area contributed by atoms with Crippen LogP contribution >= 0.6 is 0 Å². The largest absolute Gasteiger partial charge is 0.373 e. The molecule has 0 spiro atoms. The molecular formula is C18H30N6O. The minimum absolute atomic E-state index is 0.362. The highest BCUT2D eigenvalue weighted by Crippen LogP contribution is 2.34. The lowest BCUT2D eigenvalue weighted by Crippen LogP contribution is -2.47. The maximum absolute atomic E-state index is 5.93. The fourth-order valence-corrected chi connectivity index (χ4v) is 4.28. The van der Waals surface area contributed by atoms with Crippen molar-refractivity contribution in [1.82, 2.24) is 25.4 Å². The van der Waals surface area contributed by atoms with Crippen molar-refractivity contribution in [2.45, 2.75) is 83.1 Å². The summed E-state index contributed by atoms with van der Waals surface area (Å²) in [6.07, 6.45) is 9.97. The summed E-state index contributed by atoms with van der Waals surface area (Å²) >= 11 is 0. The number of rotatable bonds is 5. The van der Waals surface area contributed by atoms with Gasteiger partial charge in [-0.15, -0.1) is 10.2 Å². The molecule has 25 heavy (non-hydrogen) atoms. The Morgan fingerprint density at radius 1 is 1.28 bits per heavy atom. The molecule has 2 fully saturated rings. The zero-order valence-electron chi connectivity index (χ0n) is 15.2. The van der Waals surface area contributed by atoms with Crippen LogP contribution in [-0.4, -0.2) is 52.1 Å². The molecule has 3 aliphatic heterocycles.